The molecular weight excluding hydrogens is 276 g/mol. The molecule has 0 saturated carbocycles. The highest BCUT2D eigenvalue weighted by atomic mass is 32.2. The van der Waals surface area contributed by atoms with Crippen LogP contribution in [0.25, 0.3) is 10.9 Å². The topological polar surface area (TPSA) is 36.7 Å². The lowest BCUT2D eigenvalue weighted by atomic mass is 10.1. The molecule has 0 atom stereocenters. The Labute approximate surface area is 128 Å². The number of aromatic nitrogens is 1. The molecule has 3 heteroatoms. The van der Waals surface area contributed by atoms with Gasteiger partial charge >= 0.3 is 0 Å². The highest BCUT2D eigenvalue weighted by Crippen LogP contribution is 2.33. The van der Waals surface area contributed by atoms with Crippen molar-refractivity contribution in [1.82, 2.24) is 4.98 Å². The lowest BCUT2D eigenvalue weighted by Gasteiger charge is -2.09. The Hall–Kier alpha value is -2.31. The van der Waals surface area contributed by atoms with E-state index in [0.29, 0.717) is 5.56 Å². The first kappa shape index (κ1) is 13.7. The number of benzene rings is 2. The van der Waals surface area contributed by atoms with Gasteiger partial charge in [0.1, 0.15) is 11.1 Å². The molecule has 3 aromatic rings. The standard InChI is InChI=1S/C18H14N2S/c1-12-7-9-14(10-8-12)21-18-16(11-19)13(2)15-5-3-4-6-17(15)20-18/h3-10H,1-2H3. The van der Waals surface area contributed by atoms with Gasteiger partial charge in [-0.2, -0.15) is 5.26 Å². The van der Waals surface area contributed by atoms with Gasteiger partial charge in [-0.15, -0.1) is 0 Å². The van der Waals surface area contributed by atoms with Crippen molar-refractivity contribution in [2.45, 2.75) is 23.8 Å². The largest absolute Gasteiger partial charge is 0.240 e. The molecule has 0 radical (unpaired) electrons. The number of pyridine rings is 1. The minimum absolute atomic E-state index is 0.666. The van der Waals surface area contributed by atoms with Gasteiger partial charge in [-0.25, -0.2) is 4.98 Å². The fraction of sp³-hybridized carbons (Fsp3) is 0.111. The summed E-state index contributed by atoms with van der Waals surface area (Å²) in [5, 5.41) is 11.3. The number of hydrogen-bond acceptors (Lipinski definition) is 3. The van der Waals surface area contributed by atoms with Crippen molar-refractivity contribution in [3.8, 4) is 6.07 Å². The number of para-hydroxylation sites is 1. The predicted molar refractivity (Wildman–Crippen MR) is 86.5 cm³/mol. The zero-order chi connectivity index (χ0) is 14.8. The van der Waals surface area contributed by atoms with E-state index in [9.17, 15) is 5.26 Å². The molecule has 2 nitrogen and oxygen atoms in total. The summed E-state index contributed by atoms with van der Waals surface area (Å²) in [7, 11) is 0. The molecule has 0 fully saturated rings. The monoisotopic (exact) mass is 290 g/mol. The van der Waals surface area contributed by atoms with Gasteiger partial charge in [0.15, 0.2) is 0 Å². The number of rotatable bonds is 2. The molecule has 0 bridgehead atoms. The van der Waals surface area contributed by atoms with Crippen LogP contribution in [0.4, 0.5) is 0 Å². The Bertz CT molecular complexity index is 845. The maximum atomic E-state index is 9.48. The lowest BCUT2D eigenvalue weighted by Crippen LogP contribution is -1.94. The third-order valence-electron chi connectivity index (χ3n) is 3.47. The van der Waals surface area contributed by atoms with E-state index < -0.39 is 0 Å². The normalized spacial score (nSPS) is 10.5. The fourth-order valence-corrected chi connectivity index (χ4v) is 3.21. The SMILES string of the molecule is Cc1ccc(Sc2nc3ccccc3c(C)c2C#N)cc1. The van der Waals surface area contributed by atoms with Crippen molar-refractivity contribution in [2.75, 3.05) is 0 Å². The summed E-state index contributed by atoms with van der Waals surface area (Å²) in [5.41, 5.74) is 3.82. The molecule has 2 aromatic carbocycles. The first-order chi connectivity index (χ1) is 10.2. The zero-order valence-electron chi connectivity index (χ0n) is 11.9. The quantitative estimate of drug-likeness (QED) is 0.675. The molecule has 102 valence electrons. The number of nitriles is 1. The Kier molecular flexibility index (Phi) is 3.64. The predicted octanol–water partition coefficient (Wildman–Crippen LogP) is 4.87. The number of hydrogen-bond donors (Lipinski definition) is 0. The Morgan fingerprint density at radius 1 is 1.00 bits per heavy atom. The molecule has 3 rings (SSSR count). The Balaban J connectivity index is 2.13. The van der Waals surface area contributed by atoms with E-state index in [-0.39, 0.29) is 0 Å². The number of aryl methyl sites for hydroxylation is 2. The molecule has 0 aliphatic heterocycles. The van der Waals surface area contributed by atoms with Crippen molar-refractivity contribution >= 4 is 22.7 Å². The highest BCUT2D eigenvalue weighted by molar-refractivity contribution is 7.99. The zero-order valence-corrected chi connectivity index (χ0v) is 12.7. The van der Waals surface area contributed by atoms with E-state index in [1.165, 1.54) is 5.56 Å². The minimum atomic E-state index is 0.666. The van der Waals surface area contributed by atoms with Gasteiger partial charge in [0.2, 0.25) is 0 Å². The molecule has 21 heavy (non-hydrogen) atoms. The van der Waals surface area contributed by atoms with Crippen LogP contribution in [0.1, 0.15) is 16.7 Å². The lowest BCUT2D eigenvalue weighted by molar-refractivity contribution is 1.14. The molecule has 0 N–H and O–H groups in total. The first-order valence-electron chi connectivity index (χ1n) is 6.73. The van der Waals surface area contributed by atoms with E-state index >= 15 is 0 Å². The third-order valence-corrected chi connectivity index (χ3v) is 4.46. The third kappa shape index (κ3) is 2.63. The van der Waals surface area contributed by atoms with Crippen molar-refractivity contribution < 1.29 is 0 Å². The van der Waals surface area contributed by atoms with Crippen LogP contribution in [-0.4, -0.2) is 4.98 Å². The van der Waals surface area contributed by atoms with Crippen LogP contribution in [0.3, 0.4) is 0 Å². The summed E-state index contributed by atoms with van der Waals surface area (Å²) in [4.78, 5) is 5.76. The Morgan fingerprint density at radius 2 is 1.71 bits per heavy atom. The maximum Gasteiger partial charge on any atom is 0.120 e. The first-order valence-corrected chi connectivity index (χ1v) is 7.54. The van der Waals surface area contributed by atoms with Crippen LogP contribution in [-0.2, 0) is 0 Å². The van der Waals surface area contributed by atoms with Crippen LogP contribution < -0.4 is 0 Å². The number of nitrogens with zero attached hydrogens (tertiary/aromatic N) is 2. The summed E-state index contributed by atoms with van der Waals surface area (Å²) in [6, 6.07) is 18.5. The van der Waals surface area contributed by atoms with Gasteiger partial charge in [-0.3, -0.25) is 0 Å². The van der Waals surface area contributed by atoms with Crippen molar-refractivity contribution in [2.24, 2.45) is 0 Å². The second-order valence-electron chi connectivity index (χ2n) is 4.96. The molecule has 1 aromatic heterocycles. The van der Waals surface area contributed by atoms with Crippen molar-refractivity contribution in [3.63, 3.8) is 0 Å². The maximum absolute atomic E-state index is 9.48. The van der Waals surface area contributed by atoms with Crippen LogP contribution in [0, 0.1) is 25.2 Å². The summed E-state index contributed by atoms with van der Waals surface area (Å²) < 4.78 is 0. The van der Waals surface area contributed by atoms with Crippen LogP contribution >= 0.6 is 11.8 Å². The van der Waals surface area contributed by atoms with Gasteiger partial charge in [0.05, 0.1) is 11.1 Å². The molecule has 1 heterocycles. The summed E-state index contributed by atoms with van der Waals surface area (Å²) in [6.07, 6.45) is 0. The van der Waals surface area contributed by atoms with Crippen molar-refractivity contribution in [1.29, 1.82) is 5.26 Å². The van der Waals surface area contributed by atoms with E-state index in [1.807, 2.05) is 31.2 Å². The fourth-order valence-electron chi connectivity index (χ4n) is 2.27. The number of fused-ring (bicyclic) bond motifs is 1. The molecule has 0 spiro atoms. The highest BCUT2D eigenvalue weighted by Gasteiger charge is 2.12. The molecule has 0 unspecified atom stereocenters. The van der Waals surface area contributed by atoms with E-state index in [2.05, 4.69) is 42.2 Å². The van der Waals surface area contributed by atoms with Crippen LogP contribution in [0.5, 0.6) is 0 Å². The second kappa shape index (κ2) is 5.59. The molecule has 0 amide bonds. The van der Waals surface area contributed by atoms with E-state index in [0.717, 1.165) is 26.4 Å². The average Bonchev–Trinajstić information content (AvgIpc) is 2.50. The van der Waals surface area contributed by atoms with Gasteiger partial charge in [-0.05, 0) is 37.6 Å². The smallest absolute Gasteiger partial charge is 0.120 e. The van der Waals surface area contributed by atoms with E-state index in [1.54, 1.807) is 11.8 Å². The van der Waals surface area contributed by atoms with Crippen molar-refractivity contribution in [3.05, 3.63) is 65.2 Å². The summed E-state index contributed by atoms with van der Waals surface area (Å²) >= 11 is 1.54. The molecular formula is C18H14N2S. The van der Waals surface area contributed by atoms with Crippen LogP contribution in [0.15, 0.2) is 58.5 Å². The van der Waals surface area contributed by atoms with Crippen LogP contribution in [0.2, 0.25) is 0 Å². The summed E-state index contributed by atoms with van der Waals surface area (Å²) in [6.45, 7) is 4.05. The minimum Gasteiger partial charge on any atom is -0.240 e. The van der Waals surface area contributed by atoms with Gasteiger partial charge in [-0.1, -0.05) is 47.7 Å². The summed E-state index contributed by atoms with van der Waals surface area (Å²) in [5.74, 6) is 0. The molecule has 0 aliphatic rings. The van der Waals surface area contributed by atoms with E-state index in [4.69, 9.17) is 0 Å². The average molecular weight is 290 g/mol. The molecule has 0 aliphatic carbocycles. The molecule has 0 saturated heterocycles. The second-order valence-corrected chi connectivity index (χ2v) is 6.02. The van der Waals surface area contributed by atoms with Gasteiger partial charge in [0, 0.05) is 10.3 Å². The Morgan fingerprint density at radius 3 is 2.43 bits per heavy atom. The van der Waals surface area contributed by atoms with Gasteiger partial charge in [0.25, 0.3) is 0 Å². The van der Waals surface area contributed by atoms with Gasteiger partial charge < -0.3 is 0 Å².